The minimum atomic E-state index is -0.467. The highest BCUT2D eigenvalue weighted by Gasteiger charge is 2.33. The molecule has 2 N–H and O–H groups in total. The van der Waals surface area contributed by atoms with Crippen LogP contribution in [0.1, 0.15) is 25.7 Å². The van der Waals surface area contributed by atoms with Gasteiger partial charge in [-0.05, 0) is 32.4 Å². The molecule has 0 aromatic carbocycles. The van der Waals surface area contributed by atoms with E-state index in [0.29, 0.717) is 6.04 Å². The Hall–Kier alpha value is -0.650. The fourth-order valence-electron chi connectivity index (χ4n) is 3.03. The molecule has 104 valence electrons. The topological polar surface area (TPSA) is 58.8 Å². The molecular formula is C13H25N3O2. The van der Waals surface area contributed by atoms with Gasteiger partial charge in [-0.1, -0.05) is 6.42 Å². The molecule has 2 aliphatic rings. The van der Waals surface area contributed by atoms with E-state index in [9.17, 15) is 4.79 Å². The van der Waals surface area contributed by atoms with Crippen molar-refractivity contribution in [3.63, 3.8) is 0 Å². The molecule has 0 aromatic heterocycles. The van der Waals surface area contributed by atoms with E-state index < -0.39 is 6.10 Å². The molecule has 2 atom stereocenters. The van der Waals surface area contributed by atoms with E-state index in [4.69, 9.17) is 10.5 Å². The number of rotatable bonds is 4. The summed E-state index contributed by atoms with van der Waals surface area (Å²) in [6.07, 6.45) is 4.57. The Labute approximate surface area is 109 Å². The van der Waals surface area contributed by atoms with Crippen LogP contribution in [0.4, 0.5) is 0 Å². The van der Waals surface area contributed by atoms with Crippen LogP contribution in [0.5, 0.6) is 0 Å². The van der Waals surface area contributed by atoms with Gasteiger partial charge in [-0.2, -0.15) is 0 Å². The third-order valence-electron chi connectivity index (χ3n) is 4.16. The minimum absolute atomic E-state index is 0.0551. The summed E-state index contributed by atoms with van der Waals surface area (Å²) in [6, 6.07) is 0.546. The standard InChI is InChI=1S/C13H25N3O2/c1-18-12(9-14)13(17)16-8-5-11(10-16)15-6-3-2-4-7-15/h11-12H,2-10,14H2,1H3. The summed E-state index contributed by atoms with van der Waals surface area (Å²) in [5, 5.41) is 0. The number of likely N-dealkylation sites (tertiary alicyclic amines) is 2. The number of nitrogens with zero attached hydrogens (tertiary/aromatic N) is 2. The van der Waals surface area contributed by atoms with Gasteiger partial charge in [0.2, 0.25) is 0 Å². The Morgan fingerprint density at radius 1 is 1.33 bits per heavy atom. The number of amides is 1. The maximum Gasteiger partial charge on any atom is 0.253 e. The predicted octanol–water partition coefficient (Wildman–Crippen LogP) is 0.0469. The van der Waals surface area contributed by atoms with Crippen molar-refractivity contribution in [2.24, 2.45) is 5.73 Å². The fraction of sp³-hybridized carbons (Fsp3) is 0.923. The molecule has 0 aromatic rings. The molecular weight excluding hydrogens is 230 g/mol. The second-order valence-electron chi connectivity index (χ2n) is 5.28. The highest BCUT2D eigenvalue weighted by atomic mass is 16.5. The lowest BCUT2D eigenvalue weighted by molar-refractivity contribution is -0.140. The first-order valence-corrected chi connectivity index (χ1v) is 7.02. The maximum atomic E-state index is 12.1. The number of hydrogen-bond donors (Lipinski definition) is 1. The Morgan fingerprint density at radius 3 is 2.67 bits per heavy atom. The molecule has 2 saturated heterocycles. The van der Waals surface area contributed by atoms with Crippen molar-refractivity contribution < 1.29 is 9.53 Å². The van der Waals surface area contributed by atoms with E-state index in [1.165, 1.54) is 32.4 Å². The van der Waals surface area contributed by atoms with Crippen molar-refractivity contribution in [3.05, 3.63) is 0 Å². The molecule has 5 heteroatoms. The first kappa shape index (κ1) is 13.8. The summed E-state index contributed by atoms with van der Waals surface area (Å²) in [6.45, 7) is 4.34. The number of piperidine rings is 1. The largest absolute Gasteiger partial charge is 0.370 e. The second-order valence-corrected chi connectivity index (χ2v) is 5.28. The summed E-state index contributed by atoms with van der Waals surface area (Å²) in [7, 11) is 1.55. The van der Waals surface area contributed by atoms with Gasteiger partial charge < -0.3 is 15.4 Å². The molecule has 2 fully saturated rings. The van der Waals surface area contributed by atoms with Gasteiger partial charge in [0.05, 0.1) is 0 Å². The number of carbonyl (C=O) groups is 1. The molecule has 18 heavy (non-hydrogen) atoms. The van der Waals surface area contributed by atoms with Crippen LogP contribution in [0, 0.1) is 0 Å². The summed E-state index contributed by atoms with van der Waals surface area (Å²) >= 11 is 0. The molecule has 0 aliphatic carbocycles. The van der Waals surface area contributed by atoms with E-state index >= 15 is 0 Å². The van der Waals surface area contributed by atoms with Crippen LogP contribution in [-0.4, -0.2) is 67.7 Å². The monoisotopic (exact) mass is 255 g/mol. The molecule has 0 saturated carbocycles. The first-order chi connectivity index (χ1) is 8.76. The lowest BCUT2D eigenvalue weighted by Crippen LogP contribution is -2.45. The van der Waals surface area contributed by atoms with Gasteiger partial charge in [-0.3, -0.25) is 9.69 Å². The highest BCUT2D eigenvalue weighted by Crippen LogP contribution is 2.20. The minimum Gasteiger partial charge on any atom is -0.370 e. The highest BCUT2D eigenvalue weighted by molar-refractivity contribution is 5.81. The quantitative estimate of drug-likeness (QED) is 0.771. The van der Waals surface area contributed by atoms with Gasteiger partial charge in [-0.25, -0.2) is 0 Å². The zero-order valence-electron chi connectivity index (χ0n) is 11.3. The molecule has 0 spiro atoms. The van der Waals surface area contributed by atoms with E-state index in [-0.39, 0.29) is 12.5 Å². The Morgan fingerprint density at radius 2 is 2.06 bits per heavy atom. The third-order valence-corrected chi connectivity index (χ3v) is 4.16. The van der Waals surface area contributed by atoms with Gasteiger partial charge in [-0.15, -0.1) is 0 Å². The lowest BCUT2D eigenvalue weighted by Gasteiger charge is -2.32. The summed E-state index contributed by atoms with van der Waals surface area (Å²) < 4.78 is 5.12. The van der Waals surface area contributed by atoms with Gasteiger partial charge in [0, 0.05) is 32.8 Å². The van der Waals surface area contributed by atoms with Gasteiger partial charge in [0.1, 0.15) is 6.10 Å². The number of methoxy groups -OCH3 is 1. The van der Waals surface area contributed by atoms with Crippen molar-refractivity contribution in [1.29, 1.82) is 0 Å². The van der Waals surface area contributed by atoms with Crippen LogP contribution in [-0.2, 0) is 9.53 Å². The van der Waals surface area contributed by atoms with Crippen LogP contribution in [0.25, 0.3) is 0 Å². The Bertz CT molecular complexity index is 275. The van der Waals surface area contributed by atoms with E-state index in [1.807, 2.05) is 4.90 Å². The normalized spacial score (nSPS) is 27.4. The number of ether oxygens (including phenoxy) is 1. The third kappa shape index (κ3) is 3.02. The molecule has 5 nitrogen and oxygen atoms in total. The van der Waals surface area contributed by atoms with Crippen molar-refractivity contribution >= 4 is 5.91 Å². The SMILES string of the molecule is COC(CN)C(=O)N1CCC(N2CCCCC2)C1. The zero-order valence-corrected chi connectivity index (χ0v) is 11.3. The van der Waals surface area contributed by atoms with Crippen LogP contribution in [0.15, 0.2) is 0 Å². The van der Waals surface area contributed by atoms with Gasteiger partial charge in [0.15, 0.2) is 0 Å². The molecule has 1 amide bonds. The van der Waals surface area contributed by atoms with Crippen LogP contribution < -0.4 is 5.73 Å². The van der Waals surface area contributed by atoms with Crippen LogP contribution >= 0.6 is 0 Å². The molecule has 2 aliphatic heterocycles. The lowest BCUT2D eigenvalue weighted by atomic mass is 10.1. The molecule has 0 radical (unpaired) electrons. The van der Waals surface area contributed by atoms with Crippen LogP contribution in [0.3, 0.4) is 0 Å². The van der Waals surface area contributed by atoms with Crippen molar-refractivity contribution in [1.82, 2.24) is 9.80 Å². The fourth-order valence-corrected chi connectivity index (χ4v) is 3.03. The number of carbonyl (C=O) groups excluding carboxylic acids is 1. The van der Waals surface area contributed by atoms with Crippen molar-refractivity contribution in [2.75, 3.05) is 39.8 Å². The van der Waals surface area contributed by atoms with Crippen molar-refractivity contribution in [2.45, 2.75) is 37.8 Å². The van der Waals surface area contributed by atoms with Gasteiger partial charge >= 0.3 is 0 Å². The maximum absolute atomic E-state index is 12.1. The van der Waals surface area contributed by atoms with E-state index in [0.717, 1.165) is 19.5 Å². The molecule has 2 unspecified atom stereocenters. The van der Waals surface area contributed by atoms with E-state index in [1.54, 1.807) is 7.11 Å². The zero-order chi connectivity index (χ0) is 13.0. The second kappa shape index (κ2) is 6.50. The average molecular weight is 255 g/mol. The summed E-state index contributed by atoms with van der Waals surface area (Å²) in [5.74, 6) is 0.0551. The predicted molar refractivity (Wildman–Crippen MR) is 70.3 cm³/mol. The van der Waals surface area contributed by atoms with Crippen molar-refractivity contribution in [3.8, 4) is 0 Å². The average Bonchev–Trinajstić information content (AvgIpc) is 2.90. The Balaban J connectivity index is 1.85. The van der Waals surface area contributed by atoms with Gasteiger partial charge in [0.25, 0.3) is 5.91 Å². The molecule has 2 heterocycles. The van der Waals surface area contributed by atoms with E-state index in [2.05, 4.69) is 4.90 Å². The number of nitrogens with two attached hydrogens (primary N) is 1. The Kier molecular flexibility index (Phi) is 4.97. The molecule has 2 rings (SSSR count). The van der Waals surface area contributed by atoms with Crippen LogP contribution in [0.2, 0.25) is 0 Å². The smallest absolute Gasteiger partial charge is 0.253 e. The first-order valence-electron chi connectivity index (χ1n) is 7.02. The molecule has 0 bridgehead atoms. The number of hydrogen-bond acceptors (Lipinski definition) is 4. The summed E-state index contributed by atoms with van der Waals surface area (Å²) in [4.78, 5) is 16.6. The summed E-state index contributed by atoms with van der Waals surface area (Å²) in [5.41, 5.74) is 5.55.